The number of halogens is 1. The molecule has 1 N–H and O–H groups in total. The van der Waals surface area contributed by atoms with Crippen LogP contribution in [0, 0.1) is 0 Å². The lowest BCUT2D eigenvalue weighted by atomic mass is 10.2. The molecule has 4 nitrogen and oxygen atoms in total. The Morgan fingerprint density at radius 3 is 2.68 bits per heavy atom. The monoisotopic (exact) mass is 327 g/mol. The maximum absolute atomic E-state index is 11.6. The van der Waals surface area contributed by atoms with Crippen molar-refractivity contribution in [1.82, 2.24) is 5.32 Å². The molecule has 0 heterocycles. The third-order valence-electron chi connectivity index (χ3n) is 3.09. The summed E-state index contributed by atoms with van der Waals surface area (Å²) in [7, 11) is 0. The highest BCUT2D eigenvalue weighted by molar-refractivity contribution is 6.17. The fourth-order valence-corrected chi connectivity index (χ4v) is 2.03. The van der Waals surface area contributed by atoms with Crippen LogP contribution < -0.4 is 14.8 Å². The van der Waals surface area contributed by atoms with Crippen LogP contribution in [-0.2, 0) is 11.3 Å². The maximum atomic E-state index is 11.6. The fourth-order valence-electron chi connectivity index (χ4n) is 1.89. The van der Waals surface area contributed by atoms with Gasteiger partial charge in [0.1, 0.15) is 0 Å². The molecule has 22 heavy (non-hydrogen) atoms. The van der Waals surface area contributed by atoms with E-state index in [1.807, 2.05) is 25.1 Å². The summed E-state index contributed by atoms with van der Waals surface area (Å²) in [6, 6.07) is 5.78. The van der Waals surface area contributed by atoms with Crippen LogP contribution in [0.25, 0.3) is 0 Å². The van der Waals surface area contributed by atoms with Crippen molar-refractivity contribution in [1.29, 1.82) is 0 Å². The molecule has 0 aliphatic heterocycles. The van der Waals surface area contributed by atoms with E-state index in [1.165, 1.54) is 0 Å². The Morgan fingerprint density at radius 1 is 1.18 bits per heavy atom. The zero-order valence-corrected chi connectivity index (χ0v) is 14.2. The molecule has 0 aliphatic rings. The Hall–Kier alpha value is -1.42. The number of amides is 1. The first-order valence-electron chi connectivity index (χ1n) is 7.92. The Morgan fingerprint density at radius 2 is 2.00 bits per heavy atom. The van der Waals surface area contributed by atoms with Crippen LogP contribution in [0.2, 0.25) is 0 Å². The molecule has 1 rings (SSSR count). The highest BCUT2D eigenvalue weighted by atomic mass is 35.5. The van der Waals surface area contributed by atoms with Gasteiger partial charge in [-0.15, -0.1) is 11.6 Å². The third-order valence-corrected chi connectivity index (χ3v) is 3.36. The Labute approximate surface area is 138 Å². The lowest BCUT2D eigenvalue weighted by molar-refractivity contribution is -0.121. The molecule has 0 unspecified atom stereocenters. The summed E-state index contributed by atoms with van der Waals surface area (Å²) in [6.07, 6.45) is 3.27. The normalized spacial score (nSPS) is 10.3. The van der Waals surface area contributed by atoms with Gasteiger partial charge in [-0.1, -0.05) is 19.4 Å². The molecule has 1 aromatic rings. The number of unbranched alkanes of at least 4 members (excludes halogenated alkanes) is 1. The molecule has 0 bridgehead atoms. The molecule has 0 atom stereocenters. The van der Waals surface area contributed by atoms with Crippen LogP contribution in [0.5, 0.6) is 11.5 Å². The highest BCUT2D eigenvalue weighted by Gasteiger charge is 2.07. The Kier molecular flexibility index (Phi) is 9.47. The van der Waals surface area contributed by atoms with Crippen molar-refractivity contribution in [2.45, 2.75) is 46.1 Å². The minimum absolute atomic E-state index is 0.0156. The Bertz CT molecular complexity index is 452. The van der Waals surface area contributed by atoms with E-state index in [4.69, 9.17) is 21.1 Å². The molecule has 0 aromatic heterocycles. The minimum atomic E-state index is 0.0156. The van der Waals surface area contributed by atoms with Crippen LogP contribution in [0.3, 0.4) is 0 Å². The van der Waals surface area contributed by atoms with Gasteiger partial charge in [0, 0.05) is 18.8 Å². The van der Waals surface area contributed by atoms with Gasteiger partial charge in [-0.25, -0.2) is 0 Å². The van der Waals surface area contributed by atoms with Crippen LogP contribution in [0.15, 0.2) is 18.2 Å². The second kappa shape index (κ2) is 11.2. The third kappa shape index (κ3) is 7.03. The minimum Gasteiger partial charge on any atom is -0.490 e. The molecule has 1 amide bonds. The fraction of sp³-hybridized carbons (Fsp3) is 0.588. The van der Waals surface area contributed by atoms with E-state index in [0.29, 0.717) is 38.5 Å². The lowest BCUT2D eigenvalue weighted by Crippen LogP contribution is -2.22. The van der Waals surface area contributed by atoms with Crippen molar-refractivity contribution in [2.24, 2.45) is 0 Å². The van der Waals surface area contributed by atoms with Crippen LogP contribution >= 0.6 is 11.6 Å². The summed E-state index contributed by atoms with van der Waals surface area (Å²) < 4.78 is 11.4. The second-order valence-corrected chi connectivity index (χ2v) is 5.36. The van der Waals surface area contributed by atoms with Gasteiger partial charge >= 0.3 is 0 Å². The zero-order chi connectivity index (χ0) is 16.2. The molecule has 0 spiro atoms. The van der Waals surface area contributed by atoms with E-state index in [-0.39, 0.29) is 5.91 Å². The summed E-state index contributed by atoms with van der Waals surface area (Å²) >= 11 is 5.58. The van der Waals surface area contributed by atoms with Crippen molar-refractivity contribution in [3.05, 3.63) is 23.8 Å². The first kappa shape index (κ1) is 18.6. The smallest absolute Gasteiger partial charge is 0.220 e. The van der Waals surface area contributed by atoms with Gasteiger partial charge in [-0.2, -0.15) is 0 Å². The number of rotatable bonds is 11. The quantitative estimate of drug-likeness (QED) is 0.495. The predicted molar refractivity (Wildman–Crippen MR) is 89.8 cm³/mol. The molecule has 124 valence electrons. The molecule has 5 heteroatoms. The molecular formula is C17H26ClNO3. The summed E-state index contributed by atoms with van der Waals surface area (Å²) in [6.45, 7) is 5.82. The van der Waals surface area contributed by atoms with Crippen molar-refractivity contribution in [3.63, 3.8) is 0 Å². The molecule has 0 saturated carbocycles. The first-order chi connectivity index (χ1) is 10.7. The molecule has 0 saturated heterocycles. The lowest BCUT2D eigenvalue weighted by Gasteiger charge is -2.13. The van der Waals surface area contributed by atoms with Crippen molar-refractivity contribution in [2.75, 3.05) is 19.1 Å². The number of carbonyl (C=O) groups excluding carboxylic acids is 1. The van der Waals surface area contributed by atoms with Gasteiger partial charge in [-0.3, -0.25) is 4.79 Å². The van der Waals surface area contributed by atoms with Crippen molar-refractivity contribution in [3.8, 4) is 11.5 Å². The summed E-state index contributed by atoms with van der Waals surface area (Å²) in [5.41, 5.74) is 0.991. The standard InChI is InChI=1S/C17H26ClNO3/c1-3-5-11-22-15-9-8-14(12-16(15)21-4-2)13-19-17(20)7-6-10-18/h8-9,12H,3-7,10-11,13H2,1-2H3,(H,19,20). The van der Waals surface area contributed by atoms with Gasteiger partial charge in [0.05, 0.1) is 13.2 Å². The molecule has 1 aromatic carbocycles. The molecule has 0 fully saturated rings. The number of carbonyl (C=O) groups is 1. The van der Waals surface area contributed by atoms with E-state index in [0.717, 1.165) is 29.9 Å². The Balaban J connectivity index is 2.60. The summed E-state index contributed by atoms with van der Waals surface area (Å²) in [5.74, 6) is 2.01. The number of hydrogen-bond acceptors (Lipinski definition) is 3. The van der Waals surface area contributed by atoms with Crippen LogP contribution in [0.1, 0.15) is 45.1 Å². The van der Waals surface area contributed by atoms with Crippen molar-refractivity contribution >= 4 is 17.5 Å². The average Bonchev–Trinajstić information content (AvgIpc) is 2.53. The van der Waals surface area contributed by atoms with Crippen LogP contribution in [-0.4, -0.2) is 25.0 Å². The molecule has 0 radical (unpaired) electrons. The van der Waals surface area contributed by atoms with Gasteiger partial charge in [0.25, 0.3) is 0 Å². The summed E-state index contributed by atoms with van der Waals surface area (Å²) in [4.78, 5) is 11.6. The summed E-state index contributed by atoms with van der Waals surface area (Å²) in [5, 5.41) is 2.88. The number of nitrogens with one attached hydrogen (secondary N) is 1. The van der Waals surface area contributed by atoms with E-state index in [9.17, 15) is 4.79 Å². The number of benzene rings is 1. The second-order valence-electron chi connectivity index (χ2n) is 4.99. The van der Waals surface area contributed by atoms with Gasteiger partial charge in [0.15, 0.2) is 11.5 Å². The number of hydrogen-bond donors (Lipinski definition) is 1. The van der Waals surface area contributed by atoms with Gasteiger partial charge in [0.2, 0.25) is 5.91 Å². The van der Waals surface area contributed by atoms with Crippen molar-refractivity contribution < 1.29 is 14.3 Å². The largest absolute Gasteiger partial charge is 0.490 e. The highest BCUT2D eigenvalue weighted by Crippen LogP contribution is 2.28. The van der Waals surface area contributed by atoms with Crippen LogP contribution in [0.4, 0.5) is 0 Å². The number of ether oxygens (including phenoxy) is 2. The number of alkyl halides is 1. The topological polar surface area (TPSA) is 47.6 Å². The van der Waals surface area contributed by atoms with E-state index >= 15 is 0 Å². The van der Waals surface area contributed by atoms with E-state index in [1.54, 1.807) is 0 Å². The van der Waals surface area contributed by atoms with E-state index < -0.39 is 0 Å². The zero-order valence-electron chi connectivity index (χ0n) is 13.5. The van der Waals surface area contributed by atoms with Gasteiger partial charge in [-0.05, 0) is 37.5 Å². The molecule has 0 aliphatic carbocycles. The maximum Gasteiger partial charge on any atom is 0.220 e. The average molecular weight is 328 g/mol. The SMILES string of the molecule is CCCCOc1ccc(CNC(=O)CCCCl)cc1OCC. The predicted octanol–water partition coefficient (Wildman–Crippen LogP) is 3.90. The van der Waals surface area contributed by atoms with E-state index in [2.05, 4.69) is 12.2 Å². The van der Waals surface area contributed by atoms with Gasteiger partial charge < -0.3 is 14.8 Å². The first-order valence-corrected chi connectivity index (χ1v) is 8.45. The molecular weight excluding hydrogens is 302 g/mol.